The quantitative estimate of drug-likeness (QED) is 0.729. The Hall–Kier alpha value is -3.23. The first-order valence-electron chi connectivity index (χ1n) is 10.5. The van der Waals surface area contributed by atoms with Gasteiger partial charge in [-0.3, -0.25) is 5.32 Å². The van der Waals surface area contributed by atoms with E-state index in [-0.39, 0.29) is 23.7 Å². The van der Waals surface area contributed by atoms with Crippen LogP contribution in [-0.4, -0.2) is 58.7 Å². The van der Waals surface area contributed by atoms with E-state index in [1.54, 1.807) is 22.9 Å². The SMILES string of the molecule is CN(C(=O)Nc1ccc(-c2cc(F)ccc2F)cn1)C1CCN(C(=O)OC(C)(C)C)CC1. The van der Waals surface area contributed by atoms with E-state index in [9.17, 15) is 18.4 Å². The predicted octanol–water partition coefficient (Wildman–Crippen LogP) is 4.89. The molecule has 3 amide bonds. The fourth-order valence-corrected chi connectivity index (χ4v) is 3.47. The van der Waals surface area contributed by atoms with Crippen LogP contribution in [-0.2, 0) is 4.74 Å². The van der Waals surface area contributed by atoms with Crippen molar-refractivity contribution in [1.29, 1.82) is 0 Å². The first-order chi connectivity index (χ1) is 15.0. The summed E-state index contributed by atoms with van der Waals surface area (Å²) in [5.41, 5.74) is -0.0414. The Morgan fingerprint density at radius 2 is 1.84 bits per heavy atom. The zero-order valence-corrected chi connectivity index (χ0v) is 18.7. The van der Waals surface area contributed by atoms with Gasteiger partial charge in [-0.15, -0.1) is 0 Å². The van der Waals surface area contributed by atoms with Gasteiger partial charge in [0.05, 0.1) is 0 Å². The molecule has 2 heterocycles. The molecule has 0 atom stereocenters. The molecule has 9 heteroatoms. The fraction of sp³-hybridized carbons (Fsp3) is 0.435. The van der Waals surface area contributed by atoms with Gasteiger partial charge in [-0.1, -0.05) is 0 Å². The number of halogens is 2. The number of pyridine rings is 1. The molecule has 1 fully saturated rings. The summed E-state index contributed by atoms with van der Waals surface area (Å²) in [7, 11) is 1.69. The normalized spacial score (nSPS) is 14.8. The molecule has 0 bridgehead atoms. The Labute approximate surface area is 186 Å². The third-order valence-corrected chi connectivity index (χ3v) is 5.22. The molecule has 0 aliphatic carbocycles. The van der Waals surface area contributed by atoms with E-state index in [1.165, 1.54) is 12.3 Å². The van der Waals surface area contributed by atoms with Crippen LogP contribution in [0, 0.1) is 11.6 Å². The highest BCUT2D eigenvalue weighted by atomic mass is 19.1. The minimum Gasteiger partial charge on any atom is -0.444 e. The maximum atomic E-state index is 13.9. The molecule has 1 aliphatic heterocycles. The lowest BCUT2D eigenvalue weighted by Crippen LogP contribution is -2.49. The second kappa shape index (κ2) is 9.50. The van der Waals surface area contributed by atoms with Gasteiger partial charge >= 0.3 is 12.1 Å². The van der Waals surface area contributed by atoms with Crippen LogP contribution in [0.4, 0.5) is 24.2 Å². The number of hydrogen-bond acceptors (Lipinski definition) is 4. The molecule has 0 unspecified atom stereocenters. The van der Waals surface area contributed by atoms with Crippen LogP contribution in [0.5, 0.6) is 0 Å². The van der Waals surface area contributed by atoms with Crippen LogP contribution in [0.2, 0.25) is 0 Å². The number of nitrogens with one attached hydrogen (secondary N) is 1. The van der Waals surface area contributed by atoms with Crippen molar-refractivity contribution in [2.75, 3.05) is 25.5 Å². The summed E-state index contributed by atoms with van der Waals surface area (Å²) in [4.78, 5) is 32.2. The van der Waals surface area contributed by atoms with Gasteiger partial charge in [-0.05, 0) is 63.9 Å². The van der Waals surface area contributed by atoms with Crippen LogP contribution < -0.4 is 5.32 Å². The Morgan fingerprint density at radius 3 is 2.44 bits per heavy atom. The second-order valence-electron chi connectivity index (χ2n) is 8.80. The van der Waals surface area contributed by atoms with Gasteiger partial charge in [0.2, 0.25) is 0 Å². The maximum Gasteiger partial charge on any atom is 0.410 e. The van der Waals surface area contributed by atoms with Crippen LogP contribution in [0.15, 0.2) is 36.5 Å². The Bertz CT molecular complexity index is 968. The summed E-state index contributed by atoms with van der Waals surface area (Å²) >= 11 is 0. The number of benzene rings is 1. The largest absolute Gasteiger partial charge is 0.444 e. The van der Waals surface area contributed by atoms with Gasteiger partial charge in [-0.25, -0.2) is 23.4 Å². The molecule has 172 valence electrons. The Morgan fingerprint density at radius 1 is 1.16 bits per heavy atom. The number of piperidine rings is 1. The molecule has 32 heavy (non-hydrogen) atoms. The zero-order valence-electron chi connectivity index (χ0n) is 18.7. The number of amides is 3. The second-order valence-corrected chi connectivity index (χ2v) is 8.80. The smallest absolute Gasteiger partial charge is 0.410 e. The van der Waals surface area contributed by atoms with E-state index >= 15 is 0 Å². The molecule has 2 aromatic rings. The minimum atomic E-state index is -0.553. The third kappa shape index (κ3) is 5.93. The van der Waals surface area contributed by atoms with Crippen molar-refractivity contribution < 1.29 is 23.1 Å². The molecule has 7 nitrogen and oxygen atoms in total. The van der Waals surface area contributed by atoms with Crippen LogP contribution >= 0.6 is 0 Å². The molecule has 1 N–H and O–H groups in total. The van der Waals surface area contributed by atoms with Gasteiger partial charge in [0.15, 0.2) is 0 Å². The van der Waals surface area contributed by atoms with Crippen molar-refractivity contribution in [1.82, 2.24) is 14.8 Å². The average molecular weight is 446 g/mol. The van der Waals surface area contributed by atoms with Crippen molar-refractivity contribution in [3.05, 3.63) is 48.2 Å². The number of likely N-dealkylation sites (tertiary alicyclic amines) is 1. The van der Waals surface area contributed by atoms with E-state index < -0.39 is 17.2 Å². The summed E-state index contributed by atoms with van der Waals surface area (Å²) in [6, 6.07) is 5.95. The lowest BCUT2D eigenvalue weighted by atomic mass is 10.0. The first-order valence-corrected chi connectivity index (χ1v) is 10.5. The monoisotopic (exact) mass is 446 g/mol. The van der Waals surface area contributed by atoms with Crippen LogP contribution in [0.1, 0.15) is 33.6 Å². The highest BCUT2D eigenvalue weighted by Gasteiger charge is 2.30. The summed E-state index contributed by atoms with van der Waals surface area (Å²) in [5, 5.41) is 2.71. The van der Waals surface area contributed by atoms with Crippen molar-refractivity contribution in [3.8, 4) is 11.1 Å². The van der Waals surface area contributed by atoms with Gasteiger partial charge in [0, 0.05) is 43.5 Å². The summed E-state index contributed by atoms with van der Waals surface area (Å²) in [5.74, 6) is -0.797. The standard InChI is InChI=1S/C23H28F2N4O3/c1-23(2,3)32-22(31)29-11-9-17(10-12-29)28(4)21(30)27-20-8-5-15(14-26-20)18-13-16(24)6-7-19(18)25/h5-8,13-14,17H,9-12H2,1-4H3,(H,26,27,30). The Balaban J connectivity index is 1.55. The summed E-state index contributed by atoms with van der Waals surface area (Å²) < 4.78 is 32.7. The molecule has 0 spiro atoms. The highest BCUT2D eigenvalue weighted by molar-refractivity contribution is 5.88. The van der Waals surface area contributed by atoms with E-state index in [1.807, 2.05) is 20.8 Å². The molecule has 0 saturated carbocycles. The van der Waals surface area contributed by atoms with Gasteiger partial charge in [0.25, 0.3) is 0 Å². The van der Waals surface area contributed by atoms with E-state index in [4.69, 9.17) is 4.74 Å². The topological polar surface area (TPSA) is 74.8 Å². The summed E-state index contributed by atoms with van der Waals surface area (Å²) in [6.45, 7) is 6.48. The molecule has 3 rings (SSSR count). The lowest BCUT2D eigenvalue weighted by Gasteiger charge is -2.37. The third-order valence-electron chi connectivity index (χ3n) is 5.22. The van der Waals surface area contributed by atoms with Gasteiger partial charge < -0.3 is 14.5 Å². The first kappa shape index (κ1) is 23.4. The molecular weight excluding hydrogens is 418 g/mol. The fourth-order valence-electron chi connectivity index (χ4n) is 3.47. The zero-order chi connectivity index (χ0) is 23.5. The van der Waals surface area contributed by atoms with Crippen molar-refractivity contribution in [2.24, 2.45) is 0 Å². The number of urea groups is 1. The van der Waals surface area contributed by atoms with Crippen molar-refractivity contribution in [2.45, 2.75) is 45.3 Å². The Kier molecular flexibility index (Phi) is 6.96. The molecule has 1 aliphatic rings. The number of carbonyl (C=O) groups is 2. The predicted molar refractivity (Wildman–Crippen MR) is 117 cm³/mol. The molecule has 1 aromatic carbocycles. The van der Waals surface area contributed by atoms with Gasteiger partial charge in [0.1, 0.15) is 23.1 Å². The number of aromatic nitrogens is 1. The number of nitrogens with zero attached hydrogens (tertiary/aromatic N) is 3. The number of anilines is 1. The average Bonchev–Trinajstić information content (AvgIpc) is 2.74. The molecular formula is C23H28F2N4O3. The number of ether oxygens (including phenoxy) is 1. The number of rotatable bonds is 3. The molecule has 0 radical (unpaired) electrons. The van der Waals surface area contributed by atoms with Crippen molar-refractivity contribution in [3.63, 3.8) is 0 Å². The van der Waals surface area contributed by atoms with E-state index in [2.05, 4.69) is 10.3 Å². The number of carbonyl (C=O) groups excluding carboxylic acids is 2. The van der Waals surface area contributed by atoms with E-state index in [0.29, 0.717) is 37.3 Å². The van der Waals surface area contributed by atoms with Crippen molar-refractivity contribution >= 4 is 17.9 Å². The van der Waals surface area contributed by atoms with Gasteiger partial charge in [-0.2, -0.15) is 0 Å². The van der Waals surface area contributed by atoms with E-state index in [0.717, 1.165) is 18.2 Å². The van der Waals surface area contributed by atoms with Crippen LogP contribution in [0.25, 0.3) is 11.1 Å². The maximum absolute atomic E-state index is 13.9. The summed E-state index contributed by atoms with van der Waals surface area (Å²) in [6.07, 6.45) is 2.30. The lowest BCUT2D eigenvalue weighted by molar-refractivity contribution is 0.0174. The van der Waals surface area contributed by atoms with Crippen LogP contribution in [0.3, 0.4) is 0 Å². The molecule has 1 saturated heterocycles. The number of hydrogen-bond donors (Lipinski definition) is 1. The molecule has 1 aromatic heterocycles. The highest BCUT2D eigenvalue weighted by Crippen LogP contribution is 2.24. The minimum absolute atomic E-state index is 0.0330.